The number of hydrogen-bond donors (Lipinski definition) is 1. The second kappa shape index (κ2) is 4.06. The lowest BCUT2D eigenvalue weighted by Gasteiger charge is -2.40. The molecule has 0 unspecified atom stereocenters. The fourth-order valence-electron chi connectivity index (χ4n) is 3.04. The molecule has 1 saturated heterocycles. The first-order valence-corrected chi connectivity index (χ1v) is 6.10. The van der Waals surface area contributed by atoms with Crippen LogP contribution in [0.4, 0.5) is 10.1 Å². The Morgan fingerprint density at radius 2 is 2.00 bits per heavy atom. The van der Waals surface area contributed by atoms with E-state index in [-0.39, 0.29) is 5.82 Å². The summed E-state index contributed by atoms with van der Waals surface area (Å²) in [6.45, 7) is 2.07. The lowest BCUT2D eigenvalue weighted by molar-refractivity contribution is 0.404. The number of rotatable bonds is 1. The Morgan fingerprint density at radius 3 is 2.81 bits per heavy atom. The smallest absolute Gasteiger partial charge is 0.123 e. The number of piperazine rings is 1. The van der Waals surface area contributed by atoms with Gasteiger partial charge in [-0.1, -0.05) is 0 Å². The van der Waals surface area contributed by atoms with E-state index >= 15 is 0 Å². The number of nitrogens with zero attached hydrogens (tertiary/aromatic N) is 1. The highest BCUT2D eigenvalue weighted by molar-refractivity contribution is 5.48. The van der Waals surface area contributed by atoms with E-state index < -0.39 is 0 Å². The van der Waals surface area contributed by atoms with Crippen LogP contribution in [0, 0.1) is 5.82 Å². The van der Waals surface area contributed by atoms with Crippen LogP contribution in [0.2, 0.25) is 0 Å². The lowest BCUT2D eigenvalue weighted by Crippen LogP contribution is -2.55. The van der Waals surface area contributed by atoms with Crippen molar-refractivity contribution in [3.05, 3.63) is 30.1 Å². The van der Waals surface area contributed by atoms with Crippen LogP contribution in [-0.2, 0) is 0 Å². The van der Waals surface area contributed by atoms with Gasteiger partial charge in [-0.15, -0.1) is 0 Å². The molecule has 2 nitrogen and oxygen atoms in total. The van der Waals surface area contributed by atoms with E-state index in [2.05, 4.69) is 10.2 Å². The Hall–Kier alpha value is -1.09. The minimum atomic E-state index is -0.151. The van der Waals surface area contributed by atoms with E-state index in [1.54, 1.807) is 12.1 Å². The molecule has 0 radical (unpaired) electrons. The Labute approximate surface area is 95.4 Å². The monoisotopic (exact) mass is 220 g/mol. The van der Waals surface area contributed by atoms with Crippen LogP contribution in [0.1, 0.15) is 19.3 Å². The largest absolute Gasteiger partial charge is 0.366 e. The van der Waals surface area contributed by atoms with E-state index in [0.717, 1.165) is 13.1 Å². The molecule has 1 N–H and O–H groups in total. The van der Waals surface area contributed by atoms with Crippen molar-refractivity contribution in [3.63, 3.8) is 0 Å². The Morgan fingerprint density at radius 1 is 1.19 bits per heavy atom. The molecule has 1 heterocycles. The number of anilines is 1. The quantitative estimate of drug-likeness (QED) is 0.780. The molecule has 0 spiro atoms. The third kappa shape index (κ3) is 1.69. The number of fused-ring (bicyclic) bond motifs is 1. The molecule has 0 amide bonds. The van der Waals surface area contributed by atoms with Gasteiger partial charge in [-0.05, 0) is 43.5 Å². The van der Waals surface area contributed by atoms with Crippen molar-refractivity contribution < 1.29 is 4.39 Å². The Bertz CT molecular complexity index is 363. The lowest BCUT2D eigenvalue weighted by atomic mass is 10.1. The fraction of sp³-hybridized carbons (Fsp3) is 0.538. The van der Waals surface area contributed by atoms with Gasteiger partial charge in [-0.25, -0.2) is 4.39 Å². The predicted octanol–water partition coefficient (Wildman–Crippen LogP) is 2.16. The minimum Gasteiger partial charge on any atom is -0.366 e. The Kier molecular flexibility index (Phi) is 2.56. The molecule has 0 bridgehead atoms. The summed E-state index contributed by atoms with van der Waals surface area (Å²) in [5, 5.41) is 3.58. The summed E-state index contributed by atoms with van der Waals surface area (Å²) in [6.07, 6.45) is 3.84. The predicted molar refractivity (Wildman–Crippen MR) is 63.2 cm³/mol. The van der Waals surface area contributed by atoms with Crippen molar-refractivity contribution in [1.82, 2.24) is 5.32 Å². The zero-order valence-corrected chi connectivity index (χ0v) is 9.32. The van der Waals surface area contributed by atoms with Gasteiger partial charge in [-0.3, -0.25) is 0 Å². The summed E-state index contributed by atoms with van der Waals surface area (Å²) in [6, 6.07) is 8.16. The molecular weight excluding hydrogens is 203 g/mol. The van der Waals surface area contributed by atoms with Crippen LogP contribution in [-0.4, -0.2) is 25.2 Å². The first-order chi connectivity index (χ1) is 7.84. The standard InChI is InChI=1S/C13H17FN2/c14-10-4-6-11(7-5-10)16-9-8-15-12-2-1-3-13(12)16/h4-7,12-13,15H,1-3,8-9H2/t12-,13-/m0/s1. The third-order valence-electron chi connectivity index (χ3n) is 3.80. The maximum absolute atomic E-state index is 12.9. The minimum absolute atomic E-state index is 0.151. The summed E-state index contributed by atoms with van der Waals surface area (Å²) in [4.78, 5) is 2.44. The summed E-state index contributed by atoms with van der Waals surface area (Å²) in [5.74, 6) is -0.151. The topological polar surface area (TPSA) is 15.3 Å². The summed E-state index contributed by atoms with van der Waals surface area (Å²) in [5.41, 5.74) is 1.17. The van der Waals surface area contributed by atoms with Crippen LogP contribution in [0.5, 0.6) is 0 Å². The SMILES string of the molecule is Fc1ccc(N2CCN[C@H]3CCC[C@@H]32)cc1. The van der Waals surface area contributed by atoms with Crippen LogP contribution in [0.15, 0.2) is 24.3 Å². The molecule has 86 valence electrons. The molecule has 1 aliphatic carbocycles. The first kappa shape index (κ1) is 10.1. The average molecular weight is 220 g/mol. The van der Waals surface area contributed by atoms with Gasteiger partial charge in [0.1, 0.15) is 5.82 Å². The van der Waals surface area contributed by atoms with Gasteiger partial charge < -0.3 is 10.2 Å². The van der Waals surface area contributed by atoms with Crippen molar-refractivity contribution in [2.75, 3.05) is 18.0 Å². The van der Waals surface area contributed by atoms with Gasteiger partial charge in [0.25, 0.3) is 0 Å². The molecule has 2 aliphatic rings. The molecule has 1 aromatic rings. The van der Waals surface area contributed by atoms with Crippen LogP contribution >= 0.6 is 0 Å². The van der Waals surface area contributed by atoms with E-state index in [9.17, 15) is 4.39 Å². The second-order valence-electron chi connectivity index (χ2n) is 4.73. The number of benzene rings is 1. The molecular formula is C13H17FN2. The first-order valence-electron chi connectivity index (χ1n) is 6.10. The van der Waals surface area contributed by atoms with Crippen LogP contribution in [0.25, 0.3) is 0 Å². The van der Waals surface area contributed by atoms with Crippen LogP contribution in [0.3, 0.4) is 0 Å². The molecule has 2 atom stereocenters. The van der Waals surface area contributed by atoms with Crippen molar-refractivity contribution >= 4 is 5.69 Å². The molecule has 1 saturated carbocycles. The zero-order chi connectivity index (χ0) is 11.0. The third-order valence-corrected chi connectivity index (χ3v) is 3.80. The average Bonchev–Trinajstić information content (AvgIpc) is 2.78. The van der Waals surface area contributed by atoms with E-state index in [1.165, 1.54) is 24.9 Å². The van der Waals surface area contributed by atoms with Gasteiger partial charge in [0.15, 0.2) is 0 Å². The molecule has 1 aliphatic heterocycles. The number of hydrogen-bond acceptors (Lipinski definition) is 2. The van der Waals surface area contributed by atoms with Gasteiger partial charge >= 0.3 is 0 Å². The molecule has 3 heteroatoms. The maximum atomic E-state index is 12.9. The van der Waals surface area contributed by atoms with Gasteiger partial charge in [0.05, 0.1) is 0 Å². The number of halogens is 1. The summed E-state index contributed by atoms with van der Waals surface area (Å²) < 4.78 is 12.9. The fourth-order valence-corrected chi connectivity index (χ4v) is 3.04. The van der Waals surface area contributed by atoms with E-state index in [4.69, 9.17) is 0 Å². The van der Waals surface area contributed by atoms with Gasteiger partial charge in [0, 0.05) is 30.9 Å². The molecule has 3 rings (SSSR count). The Balaban J connectivity index is 1.85. The van der Waals surface area contributed by atoms with Gasteiger partial charge in [0.2, 0.25) is 0 Å². The zero-order valence-electron chi connectivity index (χ0n) is 9.32. The molecule has 2 fully saturated rings. The van der Waals surface area contributed by atoms with E-state index in [0.29, 0.717) is 12.1 Å². The van der Waals surface area contributed by atoms with Crippen molar-refractivity contribution in [2.45, 2.75) is 31.3 Å². The van der Waals surface area contributed by atoms with Crippen LogP contribution < -0.4 is 10.2 Å². The highest BCUT2D eigenvalue weighted by Crippen LogP contribution is 2.30. The molecule has 16 heavy (non-hydrogen) atoms. The highest BCUT2D eigenvalue weighted by atomic mass is 19.1. The van der Waals surface area contributed by atoms with Crippen molar-refractivity contribution in [2.24, 2.45) is 0 Å². The number of nitrogens with one attached hydrogen (secondary N) is 1. The normalized spacial score (nSPS) is 29.2. The highest BCUT2D eigenvalue weighted by Gasteiger charge is 2.34. The van der Waals surface area contributed by atoms with E-state index in [1.807, 2.05) is 12.1 Å². The second-order valence-corrected chi connectivity index (χ2v) is 4.73. The maximum Gasteiger partial charge on any atom is 0.123 e. The summed E-state index contributed by atoms with van der Waals surface area (Å²) >= 11 is 0. The molecule has 1 aromatic carbocycles. The molecule has 0 aromatic heterocycles. The van der Waals surface area contributed by atoms with Crippen molar-refractivity contribution in [3.8, 4) is 0 Å². The van der Waals surface area contributed by atoms with Crippen molar-refractivity contribution in [1.29, 1.82) is 0 Å². The summed E-state index contributed by atoms with van der Waals surface area (Å²) in [7, 11) is 0. The van der Waals surface area contributed by atoms with Gasteiger partial charge in [-0.2, -0.15) is 0 Å².